The summed E-state index contributed by atoms with van der Waals surface area (Å²) in [6.07, 6.45) is 1.65. The first-order valence-corrected chi connectivity index (χ1v) is 8.40. The molecule has 2 aromatic carbocycles. The first-order valence-electron chi connectivity index (χ1n) is 8.40. The van der Waals surface area contributed by atoms with E-state index in [1.807, 2.05) is 36.4 Å². The highest BCUT2D eigenvalue weighted by Crippen LogP contribution is 2.15. The molecule has 0 saturated heterocycles. The van der Waals surface area contributed by atoms with Gasteiger partial charge in [0.2, 0.25) is 5.82 Å². The first kappa shape index (κ1) is 17.1. The zero-order chi connectivity index (χ0) is 19.3. The summed E-state index contributed by atoms with van der Waals surface area (Å²) in [6, 6.07) is 19.9. The average molecular weight is 370 g/mol. The zero-order valence-electron chi connectivity index (χ0n) is 14.6. The summed E-state index contributed by atoms with van der Waals surface area (Å²) in [6.45, 7) is 0.210. The Labute approximate surface area is 159 Å². The molecule has 1 amide bonds. The molecule has 0 unspecified atom stereocenters. The third-order valence-corrected chi connectivity index (χ3v) is 3.93. The second-order valence-electron chi connectivity index (χ2n) is 5.84. The number of anilines is 1. The molecular weight excluding hydrogens is 356 g/mol. The van der Waals surface area contributed by atoms with E-state index in [-0.39, 0.29) is 12.4 Å². The largest absolute Gasteiger partial charge is 0.319 e. The van der Waals surface area contributed by atoms with Crippen LogP contribution in [0.3, 0.4) is 0 Å². The van der Waals surface area contributed by atoms with Crippen LogP contribution in [-0.2, 0) is 6.67 Å². The second kappa shape index (κ2) is 7.51. The Balaban J connectivity index is 1.45. The van der Waals surface area contributed by atoms with Gasteiger partial charge in [0.15, 0.2) is 12.4 Å². The summed E-state index contributed by atoms with van der Waals surface area (Å²) in [4.78, 5) is 13.8. The molecule has 0 fully saturated rings. The van der Waals surface area contributed by atoms with Crippen molar-refractivity contribution >= 4 is 11.6 Å². The lowest BCUT2D eigenvalue weighted by Gasteiger charge is -2.04. The van der Waals surface area contributed by atoms with Crippen molar-refractivity contribution in [3.05, 3.63) is 78.1 Å². The monoisotopic (exact) mass is 370 g/mol. The Morgan fingerprint density at radius 2 is 1.82 bits per heavy atom. The van der Waals surface area contributed by atoms with Crippen LogP contribution in [0.1, 0.15) is 16.1 Å². The summed E-state index contributed by atoms with van der Waals surface area (Å²) < 4.78 is 1.53. The van der Waals surface area contributed by atoms with Crippen LogP contribution in [0.15, 0.2) is 66.9 Å². The number of amides is 1. The average Bonchev–Trinajstić information content (AvgIpc) is 3.39. The minimum Gasteiger partial charge on any atom is -0.319 e. The van der Waals surface area contributed by atoms with Gasteiger partial charge < -0.3 is 5.32 Å². The molecule has 4 rings (SSSR count). The predicted octanol–water partition coefficient (Wildman–Crippen LogP) is 2.17. The van der Waals surface area contributed by atoms with Gasteiger partial charge in [-0.15, -0.1) is 15.0 Å². The molecule has 0 radical (unpaired) electrons. The van der Waals surface area contributed by atoms with E-state index in [0.29, 0.717) is 17.1 Å². The normalized spacial score (nSPS) is 10.4. The van der Waals surface area contributed by atoms with Crippen molar-refractivity contribution in [1.29, 1.82) is 5.26 Å². The quantitative estimate of drug-likeness (QED) is 0.576. The van der Waals surface area contributed by atoms with Crippen LogP contribution in [0.4, 0.5) is 5.69 Å². The van der Waals surface area contributed by atoms with Crippen molar-refractivity contribution in [3.63, 3.8) is 0 Å². The molecule has 0 aliphatic heterocycles. The molecule has 9 nitrogen and oxygen atoms in total. The molecule has 0 saturated carbocycles. The molecular formula is C19H14N8O. The Kier molecular flexibility index (Phi) is 4.59. The maximum absolute atomic E-state index is 12.4. The van der Waals surface area contributed by atoms with Gasteiger partial charge >= 0.3 is 0 Å². The van der Waals surface area contributed by atoms with Crippen LogP contribution < -0.4 is 5.32 Å². The van der Waals surface area contributed by atoms with Gasteiger partial charge in [-0.1, -0.05) is 42.5 Å². The molecule has 4 aromatic rings. The van der Waals surface area contributed by atoms with Crippen LogP contribution in [0.25, 0.3) is 11.4 Å². The van der Waals surface area contributed by atoms with E-state index in [1.165, 1.54) is 9.48 Å². The molecule has 9 heteroatoms. The number of carbonyl (C=O) groups is 1. The fourth-order valence-corrected chi connectivity index (χ4v) is 2.57. The van der Waals surface area contributed by atoms with Gasteiger partial charge in [-0.25, -0.2) is 4.68 Å². The number of nitrogens with zero attached hydrogens (tertiary/aromatic N) is 7. The number of tetrazole rings is 1. The fourth-order valence-electron chi connectivity index (χ4n) is 2.57. The van der Waals surface area contributed by atoms with Gasteiger partial charge in [0.05, 0.1) is 11.3 Å². The number of nitrogens with one attached hydrogen (secondary N) is 1. The van der Waals surface area contributed by atoms with Crippen molar-refractivity contribution in [2.24, 2.45) is 0 Å². The summed E-state index contributed by atoms with van der Waals surface area (Å²) in [5.74, 6) is 0.108. The summed E-state index contributed by atoms with van der Waals surface area (Å²) in [5, 5.41) is 28.4. The number of rotatable bonds is 5. The minimum absolute atomic E-state index is 0.210. The molecule has 0 aliphatic rings. The van der Waals surface area contributed by atoms with Crippen molar-refractivity contribution in [2.75, 3.05) is 5.32 Å². The molecule has 0 atom stereocenters. The number of carbonyl (C=O) groups excluding carboxylic acids is 1. The Bertz CT molecular complexity index is 1160. The predicted molar refractivity (Wildman–Crippen MR) is 100.0 cm³/mol. The molecule has 28 heavy (non-hydrogen) atoms. The number of nitriles is 1. The molecule has 0 bridgehead atoms. The van der Waals surface area contributed by atoms with E-state index in [2.05, 4.69) is 25.8 Å². The topological polar surface area (TPSA) is 114 Å². The lowest BCUT2D eigenvalue weighted by Crippen LogP contribution is -2.16. The van der Waals surface area contributed by atoms with E-state index in [1.54, 1.807) is 36.5 Å². The van der Waals surface area contributed by atoms with Crippen LogP contribution in [0.5, 0.6) is 0 Å². The molecule has 0 spiro atoms. The maximum atomic E-state index is 12.4. The van der Waals surface area contributed by atoms with Crippen LogP contribution in [0, 0.1) is 11.3 Å². The third kappa shape index (κ3) is 3.61. The Hall–Kier alpha value is -4.32. The Morgan fingerprint density at radius 1 is 1.04 bits per heavy atom. The van der Waals surface area contributed by atoms with E-state index in [4.69, 9.17) is 5.26 Å². The van der Waals surface area contributed by atoms with E-state index >= 15 is 0 Å². The van der Waals surface area contributed by atoms with Crippen molar-refractivity contribution in [3.8, 4) is 17.5 Å². The van der Waals surface area contributed by atoms with Gasteiger partial charge in [-0.3, -0.25) is 4.79 Å². The van der Waals surface area contributed by atoms with Crippen LogP contribution >= 0.6 is 0 Å². The molecule has 2 aromatic heterocycles. The molecule has 2 heterocycles. The summed E-state index contributed by atoms with van der Waals surface area (Å²) in [7, 11) is 0. The van der Waals surface area contributed by atoms with Crippen LogP contribution in [0.2, 0.25) is 0 Å². The highest BCUT2D eigenvalue weighted by molar-refractivity contribution is 6.03. The smallest absolute Gasteiger partial charge is 0.276 e. The van der Waals surface area contributed by atoms with Crippen LogP contribution in [-0.4, -0.2) is 35.9 Å². The highest BCUT2D eigenvalue weighted by atomic mass is 16.2. The van der Waals surface area contributed by atoms with Crippen molar-refractivity contribution in [1.82, 2.24) is 30.0 Å². The van der Waals surface area contributed by atoms with Gasteiger partial charge in [-0.05, 0) is 23.4 Å². The van der Waals surface area contributed by atoms with Gasteiger partial charge in [0.1, 0.15) is 6.07 Å². The maximum Gasteiger partial charge on any atom is 0.276 e. The zero-order valence-corrected chi connectivity index (χ0v) is 14.6. The van der Waals surface area contributed by atoms with Crippen molar-refractivity contribution < 1.29 is 4.79 Å². The van der Waals surface area contributed by atoms with Crippen molar-refractivity contribution in [2.45, 2.75) is 6.67 Å². The lowest BCUT2D eigenvalue weighted by atomic mass is 10.2. The first-order chi connectivity index (χ1) is 13.7. The standard InChI is InChI=1S/C19H14N8O/c20-12-15-8-4-5-9-16(15)21-19(28)17-10-11-26(23-17)13-27-24-18(22-25-27)14-6-2-1-3-7-14/h1-11H,13H2,(H,21,28). The molecule has 1 N–H and O–H groups in total. The van der Waals surface area contributed by atoms with Gasteiger partial charge in [-0.2, -0.15) is 10.4 Å². The molecule has 136 valence electrons. The lowest BCUT2D eigenvalue weighted by molar-refractivity contribution is 0.102. The van der Waals surface area contributed by atoms with E-state index < -0.39 is 5.91 Å². The summed E-state index contributed by atoms with van der Waals surface area (Å²) >= 11 is 0. The van der Waals surface area contributed by atoms with Gasteiger partial charge in [0.25, 0.3) is 5.91 Å². The number of hydrogen-bond donors (Lipinski definition) is 1. The van der Waals surface area contributed by atoms with E-state index in [0.717, 1.165) is 5.56 Å². The third-order valence-electron chi connectivity index (χ3n) is 3.93. The fraction of sp³-hybridized carbons (Fsp3) is 0.0526. The molecule has 0 aliphatic carbocycles. The minimum atomic E-state index is -0.405. The SMILES string of the molecule is N#Cc1ccccc1NC(=O)c1ccn(Cn2nnc(-c3ccccc3)n2)n1. The summed E-state index contributed by atoms with van der Waals surface area (Å²) in [5.41, 5.74) is 1.91. The number of hydrogen-bond acceptors (Lipinski definition) is 6. The van der Waals surface area contributed by atoms with E-state index in [9.17, 15) is 4.79 Å². The number of para-hydroxylation sites is 1. The number of aromatic nitrogens is 6. The number of benzene rings is 2. The Morgan fingerprint density at radius 3 is 2.64 bits per heavy atom. The second-order valence-corrected chi connectivity index (χ2v) is 5.84. The van der Waals surface area contributed by atoms with Gasteiger partial charge in [0, 0.05) is 11.8 Å². The highest BCUT2D eigenvalue weighted by Gasteiger charge is 2.13.